The number of carbonyl (C=O) groups is 2. The first-order chi connectivity index (χ1) is 19.5. The molecule has 1 saturated heterocycles. The molecule has 2 amide bonds. The summed E-state index contributed by atoms with van der Waals surface area (Å²) < 4.78 is 0. The Morgan fingerprint density at radius 2 is 1.50 bits per heavy atom. The minimum atomic E-state index is -0.253. The Kier molecular flexibility index (Phi) is 7.42. The van der Waals surface area contributed by atoms with Crippen LogP contribution >= 0.6 is 23.2 Å². The zero-order valence-electron chi connectivity index (χ0n) is 21.8. The van der Waals surface area contributed by atoms with Gasteiger partial charge in [-0.05, 0) is 103 Å². The lowest BCUT2D eigenvalue weighted by Crippen LogP contribution is -2.36. The van der Waals surface area contributed by atoms with Gasteiger partial charge in [-0.25, -0.2) is 0 Å². The predicted octanol–water partition coefficient (Wildman–Crippen LogP) is 7.48. The fourth-order valence-electron chi connectivity index (χ4n) is 5.57. The molecule has 1 N–H and O–H groups in total. The highest BCUT2D eigenvalue weighted by Crippen LogP contribution is 2.38. The van der Waals surface area contributed by atoms with Gasteiger partial charge < -0.3 is 10.2 Å². The molecule has 2 heterocycles. The predicted molar refractivity (Wildman–Crippen MR) is 160 cm³/mol. The molecule has 40 heavy (non-hydrogen) atoms. The number of anilines is 1. The van der Waals surface area contributed by atoms with E-state index in [2.05, 4.69) is 23.5 Å². The number of pyridine rings is 1. The van der Waals surface area contributed by atoms with Crippen LogP contribution in [0.3, 0.4) is 0 Å². The number of carbonyl (C=O) groups excluding carboxylic acids is 2. The molecule has 1 aromatic heterocycles. The Hall–Kier alpha value is -3.93. The Labute approximate surface area is 243 Å². The summed E-state index contributed by atoms with van der Waals surface area (Å²) in [5.74, 6) is -0.264. The topological polar surface area (TPSA) is 62.3 Å². The second-order valence-electron chi connectivity index (χ2n) is 10.1. The summed E-state index contributed by atoms with van der Waals surface area (Å²) >= 11 is 12.4. The molecule has 0 radical (unpaired) electrons. The van der Waals surface area contributed by atoms with Gasteiger partial charge in [0.1, 0.15) is 0 Å². The number of rotatable bonds is 3. The summed E-state index contributed by atoms with van der Waals surface area (Å²) in [6.45, 7) is 1.27. The number of amides is 2. The first kappa shape index (κ1) is 26.3. The number of halogens is 2. The second kappa shape index (κ2) is 11.3. The molecule has 0 saturated carbocycles. The van der Waals surface area contributed by atoms with Crippen LogP contribution < -0.4 is 5.32 Å². The van der Waals surface area contributed by atoms with Crippen molar-refractivity contribution in [3.63, 3.8) is 0 Å². The Bertz CT molecular complexity index is 1640. The van der Waals surface area contributed by atoms with Gasteiger partial charge in [-0.15, -0.1) is 0 Å². The smallest absolute Gasteiger partial charge is 0.255 e. The van der Waals surface area contributed by atoms with Crippen LogP contribution in [0.25, 0.3) is 5.57 Å². The molecule has 0 unspecified atom stereocenters. The van der Waals surface area contributed by atoms with Gasteiger partial charge in [0.05, 0.1) is 5.69 Å². The molecular formula is C33H27Cl2N3O2. The van der Waals surface area contributed by atoms with E-state index in [4.69, 9.17) is 28.2 Å². The van der Waals surface area contributed by atoms with Crippen molar-refractivity contribution in [3.8, 4) is 0 Å². The zero-order chi connectivity index (χ0) is 27.6. The number of fused-ring (bicyclic) bond motifs is 2. The summed E-state index contributed by atoms with van der Waals surface area (Å²) in [7, 11) is 0. The van der Waals surface area contributed by atoms with E-state index in [0.29, 0.717) is 34.9 Å². The third-order valence-corrected chi connectivity index (χ3v) is 8.08. The standard InChI is InChI=1S/C33H27Cl2N3O2/c34-26-5-1-3-25(20-26)32(39)37-28-11-8-23(9-12-28)33(40)38-17-14-21(15-18-38)30-29-13-10-27(35)19-24(29)7-6-22-4-2-16-36-31(22)30/h1-5,8-13,16,19-20H,6-7,14-15,17-18H2,(H,37,39). The molecule has 1 aliphatic carbocycles. The average Bonchev–Trinajstić information content (AvgIpc) is 3.14. The molecule has 0 atom stereocenters. The third kappa shape index (κ3) is 5.40. The van der Waals surface area contributed by atoms with E-state index in [0.717, 1.165) is 36.4 Å². The molecule has 5 nitrogen and oxygen atoms in total. The first-order valence-corrected chi connectivity index (χ1v) is 14.1. The van der Waals surface area contributed by atoms with Gasteiger partial charge in [-0.2, -0.15) is 0 Å². The lowest BCUT2D eigenvalue weighted by atomic mass is 9.88. The van der Waals surface area contributed by atoms with Crippen LogP contribution in [0.1, 0.15) is 55.9 Å². The summed E-state index contributed by atoms with van der Waals surface area (Å²) in [5, 5.41) is 4.10. The number of hydrogen-bond acceptors (Lipinski definition) is 3. The Morgan fingerprint density at radius 1 is 0.750 bits per heavy atom. The minimum Gasteiger partial charge on any atom is -0.338 e. The van der Waals surface area contributed by atoms with Crippen LogP contribution in [0.5, 0.6) is 0 Å². The van der Waals surface area contributed by atoms with Gasteiger partial charge in [0.25, 0.3) is 11.8 Å². The zero-order valence-corrected chi connectivity index (χ0v) is 23.3. The fraction of sp³-hybridized carbons (Fsp3) is 0.182. The lowest BCUT2D eigenvalue weighted by molar-refractivity contribution is 0.0743. The van der Waals surface area contributed by atoms with Crippen LogP contribution in [-0.2, 0) is 12.8 Å². The molecule has 1 aliphatic heterocycles. The molecular weight excluding hydrogens is 541 g/mol. The van der Waals surface area contributed by atoms with Crippen LogP contribution in [0.2, 0.25) is 10.0 Å². The Morgan fingerprint density at radius 3 is 2.27 bits per heavy atom. The fourth-order valence-corrected chi connectivity index (χ4v) is 5.96. The number of nitrogens with one attached hydrogen (secondary N) is 1. The molecule has 0 bridgehead atoms. The molecule has 1 fully saturated rings. The number of likely N-dealkylation sites (tertiary alicyclic amines) is 1. The van der Waals surface area contributed by atoms with E-state index in [1.54, 1.807) is 48.5 Å². The SMILES string of the molecule is O=C(Nc1ccc(C(=O)N2CCC(=C3c4ccc(Cl)cc4CCc4cccnc43)CC2)cc1)c1cccc(Cl)c1. The van der Waals surface area contributed by atoms with Gasteiger partial charge in [0, 0.05) is 51.7 Å². The van der Waals surface area contributed by atoms with E-state index in [1.165, 1.54) is 27.8 Å². The highest BCUT2D eigenvalue weighted by Gasteiger charge is 2.27. The van der Waals surface area contributed by atoms with Crippen molar-refractivity contribution < 1.29 is 9.59 Å². The van der Waals surface area contributed by atoms with Gasteiger partial charge >= 0.3 is 0 Å². The summed E-state index contributed by atoms with van der Waals surface area (Å²) in [5.41, 5.74) is 8.96. The van der Waals surface area contributed by atoms with E-state index in [1.807, 2.05) is 23.2 Å². The normalized spacial score (nSPS) is 14.7. The monoisotopic (exact) mass is 567 g/mol. The quantitative estimate of drug-likeness (QED) is 0.279. The minimum absolute atomic E-state index is 0.0108. The second-order valence-corrected chi connectivity index (χ2v) is 11.0. The van der Waals surface area contributed by atoms with Crippen molar-refractivity contribution in [1.29, 1.82) is 0 Å². The summed E-state index contributed by atoms with van der Waals surface area (Å²) in [6.07, 6.45) is 5.28. The van der Waals surface area contributed by atoms with E-state index in [-0.39, 0.29) is 11.8 Å². The highest BCUT2D eigenvalue weighted by atomic mass is 35.5. The average molecular weight is 569 g/mol. The van der Waals surface area contributed by atoms with E-state index < -0.39 is 0 Å². The van der Waals surface area contributed by atoms with E-state index in [9.17, 15) is 9.59 Å². The molecule has 6 rings (SSSR count). The van der Waals surface area contributed by atoms with Crippen LogP contribution in [-0.4, -0.2) is 34.8 Å². The number of nitrogens with zero attached hydrogens (tertiary/aromatic N) is 2. The molecule has 7 heteroatoms. The van der Waals surface area contributed by atoms with Crippen molar-refractivity contribution in [1.82, 2.24) is 9.88 Å². The third-order valence-electron chi connectivity index (χ3n) is 7.61. The maximum atomic E-state index is 13.3. The largest absolute Gasteiger partial charge is 0.338 e. The van der Waals surface area contributed by atoms with Crippen molar-refractivity contribution in [2.75, 3.05) is 18.4 Å². The van der Waals surface area contributed by atoms with Crippen LogP contribution in [0.15, 0.2) is 90.6 Å². The lowest BCUT2D eigenvalue weighted by Gasteiger charge is -2.30. The van der Waals surface area contributed by atoms with Crippen LogP contribution in [0.4, 0.5) is 5.69 Å². The van der Waals surface area contributed by atoms with Crippen LogP contribution in [0, 0.1) is 0 Å². The molecule has 3 aromatic carbocycles. The number of piperidine rings is 1. The number of aryl methyl sites for hydroxylation is 2. The first-order valence-electron chi connectivity index (χ1n) is 13.4. The van der Waals surface area contributed by atoms with Crippen molar-refractivity contribution in [3.05, 3.63) is 134 Å². The number of benzene rings is 3. The summed E-state index contributed by atoms with van der Waals surface area (Å²) in [4.78, 5) is 32.6. The van der Waals surface area contributed by atoms with Gasteiger partial charge in [0.2, 0.25) is 0 Å². The van der Waals surface area contributed by atoms with Gasteiger partial charge in [-0.3, -0.25) is 14.6 Å². The molecule has 0 spiro atoms. The number of hydrogen-bond donors (Lipinski definition) is 1. The van der Waals surface area contributed by atoms with Gasteiger partial charge in [-0.1, -0.05) is 47.0 Å². The molecule has 200 valence electrons. The van der Waals surface area contributed by atoms with Crippen molar-refractivity contribution >= 4 is 46.3 Å². The highest BCUT2D eigenvalue weighted by molar-refractivity contribution is 6.31. The molecule has 2 aliphatic rings. The summed E-state index contributed by atoms with van der Waals surface area (Å²) in [6, 6.07) is 24.1. The van der Waals surface area contributed by atoms with E-state index >= 15 is 0 Å². The maximum absolute atomic E-state index is 13.3. The van der Waals surface area contributed by atoms with Crippen molar-refractivity contribution in [2.24, 2.45) is 0 Å². The van der Waals surface area contributed by atoms with Gasteiger partial charge in [0.15, 0.2) is 0 Å². The maximum Gasteiger partial charge on any atom is 0.255 e. The van der Waals surface area contributed by atoms with Crippen molar-refractivity contribution in [2.45, 2.75) is 25.7 Å². The molecule has 4 aromatic rings. The Balaban J connectivity index is 1.18. The number of aromatic nitrogens is 1.